The average Bonchev–Trinajstić information content (AvgIpc) is 2.15. The van der Waals surface area contributed by atoms with E-state index in [4.69, 9.17) is 0 Å². The molecule has 0 radical (unpaired) electrons. The van der Waals surface area contributed by atoms with E-state index in [1.54, 1.807) is 0 Å². The molecular formula is C9H7BrFO5S-. The van der Waals surface area contributed by atoms with Crippen molar-refractivity contribution in [2.45, 2.75) is 0 Å². The Balaban J connectivity index is 2.71. The molecule has 0 saturated carbocycles. The summed E-state index contributed by atoms with van der Waals surface area (Å²) in [5.74, 6) is -2.67. The molecule has 1 aromatic carbocycles. The number of esters is 1. The predicted octanol–water partition coefficient (Wildman–Crippen LogP) is 1.29. The van der Waals surface area contributed by atoms with Crippen molar-refractivity contribution < 1.29 is 26.9 Å². The monoisotopic (exact) mass is 325 g/mol. The van der Waals surface area contributed by atoms with Crippen molar-refractivity contribution >= 4 is 32.0 Å². The van der Waals surface area contributed by atoms with Crippen LogP contribution >= 0.6 is 15.9 Å². The summed E-state index contributed by atoms with van der Waals surface area (Å²) in [6, 6.07) is 3.88. The minimum absolute atomic E-state index is 0.187. The second-order valence-electron chi connectivity index (χ2n) is 2.99. The fraction of sp³-hybridized carbons (Fsp3) is 0.222. The van der Waals surface area contributed by atoms with Crippen LogP contribution in [-0.4, -0.2) is 31.3 Å². The summed E-state index contributed by atoms with van der Waals surface area (Å²) in [7, 11) is -4.45. The lowest BCUT2D eigenvalue weighted by Crippen LogP contribution is -2.16. The number of ether oxygens (including phenoxy) is 1. The summed E-state index contributed by atoms with van der Waals surface area (Å²) in [6.45, 7) is -0.606. The first-order chi connectivity index (χ1) is 7.81. The number of halogens is 2. The van der Waals surface area contributed by atoms with Gasteiger partial charge in [0.25, 0.3) is 0 Å². The van der Waals surface area contributed by atoms with Crippen LogP contribution in [0.5, 0.6) is 0 Å². The quantitative estimate of drug-likeness (QED) is 0.615. The van der Waals surface area contributed by atoms with Gasteiger partial charge in [0.1, 0.15) is 18.0 Å². The highest BCUT2D eigenvalue weighted by molar-refractivity contribution is 9.10. The molecule has 1 rings (SSSR count). The molecule has 0 aliphatic heterocycles. The lowest BCUT2D eigenvalue weighted by molar-refractivity contribution is 0.0521. The van der Waals surface area contributed by atoms with E-state index in [0.717, 1.165) is 6.07 Å². The van der Waals surface area contributed by atoms with Gasteiger partial charge in [-0.1, -0.05) is 6.07 Å². The van der Waals surface area contributed by atoms with Gasteiger partial charge in [0.15, 0.2) is 0 Å². The maximum atomic E-state index is 13.3. The van der Waals surface area contributed by atoms with Crippen LogP contribution in [0.2, 0.25) is 0 Å². The van der Waals surface area contributed by atoms with Crippen molar-refractivity contribution in [1.29, 1.82) is 0 Å². The lowest BCUT2D eigenvalue weighted by atomic mass is 10.2. The molecule has 0 atom stereocenters. The Hall–Kier alpha value is -0.990. The Labute approximate surface area is 105 Å². The number of benzene rings is 1. The van der Waals surface area contributed by atoms with Gasteiger partial charge in [-0.05, 0) is 28.1 Å². The van der Waals surface area contributed by atoms with Crippen LogP contribution in [0.3, 0.4) is 0 Å². The van der Waals surface area contributed by atoms with E-state index >= 15 is 0 Å². The highest BCUT2D eigenvalue weighted by atomic mass is 79.9. The molecule has 0 fully saturated rings. The molecule has 0 saturated heterocycles. The third kappa shape index (κ3) is 4.41. The van der Waals surface area contributed by atoms with E-state index in [9.17, 15) is 22.2 Å². The summed E-state index contributed by atoms with van der Waals surface area (Å²) in [4.78, 5) is 11.4. The van der Waals surface area contributed by atoms with Gasteiger partial charge in [-0.25, -0.2) is 17.6 Å². The molecule has 0 amide bonds. The molecule has 0 bridgehead atoms. The van der Waals surface area contributed by atoms with E-state index in [0.29, 0.717) is 0 Å². The molecule has 0 spiro atoms. The maximum absolute atomic E-state index is 13.3. The fourth-order valence-corrected chi connectivity index (χ4v) is 1.79. The summed E-state index contributed by atoms with van der Waals surface area (Å²) in [6.07, 6.45) is 0. The molecule has 0 N–H and O–H groups in total. The van der Waals surface area contributed by atoms with Gasteiger partial charge < -0.3 is 9.29 Å². The fourth-order valence-electron chi connectivity index (χ4n) is 1.00. The zero-order valence-corrected chi connectivity index (χ0v) is 10.8. The summed E-state index contributed by atoms with van der Waals surface area (Å²) < 4.78 is 48.7. The second kappa shape index (κ2) is 5.56. The summed E-state index contributed by atoms with van der Waals surface area (Å²) in [5, 5.41) is 0. The Morgan fingerprint density at radius 3 is 2.65 bits per heavy atom. The Kier molecular flexibility index (Phi) is 4.61. The van der Waals surface area contributed by atoms with Crippen molar-refractivity contribution in [2.75, 3.05) is 12.4 Å². The Bertz CT molecular complexity index is 508. The Morgan fingerprint density at radius 1 is 1.47 bits per heavy atom. The molecule has 17 heavy (non-hydrogen) atoms. The van der Waals surface area contributed by atoms with E-state index in [1.807, 2.05) is 0 Å². The van der Waals surface area contributed by atoms with Gasteiger partial charge in [-0.2, -0.15) is 0 Å². The molecule has 8 heteroatoms. The van der Waals surface area contributed by atoms with E-state index in [-0.39, 0.29) is 10.0 Å². The highest BCUT2D eigenvalue weighted by Gasteiger charge is 2.16. The molecule has 0 aromatic heterocycles. The second-order valence-corrected chi connectivity index (χ2v) is 5.37. The van der Waals surface area contributed by atoms with Crippen molar-refractivity contribution in [3.8, 4) is 0 Å². The average molecular weight is 326 g/mol. The van der Waals surface area contributed by atoms with Gasteiger partial charge in [0.2, 0.25) is 0 Å². The third-order valence-corrected chi connectivity index (χ3v) is 3.06. The predicted molar refractivity (Wildman–Crippen MR) is 58.9 cm³/mol. The van der Waals surface area contributed by atoms with E-state index in [2.05, 4.69) is 20.7 Å². The lowest BCUT2D eigenvalue weighted by Gasteiger charge is -2.09. The SMILES string of the molecule is O=C(OCCS(=O)(=O)[O-])c1c(F)cccc1Br. The van der Waals surface area contributed by atoms with Gasteiger partial charge in [0, 0.05) is 4.47 Å². The molecule has 0 aliphatic rings. The Morgan fingerprint density at radius 2 is 2.12 bits per heavy atom. The van der Waals surface area contributed by atoms with Crippen molar-refractivity contribution in [1.82, 2.24) is 0 Å². The molecule has 5 nitrogen and oxygen atoms in total. The number of hydrogen-bond acceptors (Lipinski definition) is 5. The first kappa shape index (κ1) is 14.1. The topological polar surface area (TPSA) is 83.5 Å². The largest absolute Gasteiger partial charge is 0.748 e. The van der Waals surface area contributed by atoms with Crippen LogP contribution in [0.25, 0.3) is 0 Å². The van der Waals surface area contributed by atoms with Gasteiger partial charge in [0.05, 0.1) is 15.9 Å². The zero-order valence-electron chi connectivity index (χ0n) is 8.35. The smallest absolute Gasteiger partial charge is 0.342 e. The molecular weight excluding hydrogens is 319 g/mol. The van der Waals surface area contributed by atoms with Gasteiger partial charge >= 0.3 is 5.97 Å². The molecule has 1 aromatic rings. The third-order valence-electron chi connectivity index (χ3n) is 1.73. The van der Waals surface area contributed by atoms with E-state index in [1.165, 1.54) is 12.1 Å². The normalized spacial score (nSPS) is 11.2. The standard InChI is InChI=1S/C9H8BrFO5S/c10-6-2-1-3-7(11)8(6)9(12)16-4-5-17(13,14)15/h1-3H,4-5H2,(H,13,14,15)/p-1. The van der Waals surface area contributed by atoms with Crippen LogP contribution in [0.4, 0.5) is 4.39 Å². The first-order valence-corrected chi connectivity index (χ1v) is 6.73. The number of hydrogen-bond donors (Lipinski definition) is 0. The summed E-state index contributed by atoms with van der Waals surface area (Å²) >= 11 is 2.96. The van der Waals surface area contributed by atoms with Crippen LogP contribution in [0.1, 0.15) is 10.4 Å². The number of rotatable bonds is 4. The first-order valence-electron chi connectivity index (χ1n) is 4.36. The zero-order chi connectivity index (χ0) is 13.1. The van der Waals surface area contributed by atoms with Crippen molar-refractivity contribution in [3.63, 3.8) is 0 Å². The van der Waals surface area contributed by atoms with Gasteiger partial charge in [-0.15, -0.1) is 0 Å². The minimum Gasteiger partial charge on any atom is -0.748 e. The maximum Gasteiger partial charge on any atom is 0.342 e. The van der Waals surface area contributed by atoms with Crippen LogP contribution in [-0.2, 0) is 14.9 Å². The number of carbonyl (C=O) groups is 1. The minimum atomic E-state index is -4.45. The van der Waals surface area contributed by atoms with Crippen molar-refractivity contribution in [3.05, 3.63) is 34.1 Å². The van der Waals surface area contributed by atoms with E-state index < -0.39 is 34.3 Å². The van der Waals surface area contributed by atoms with Crippen LogP contribution in [0, 0.1) is 5.82 Å². The van der Waals surface area contributed by atoms with Gasteiger partial charge in [-0.3, -0.25) is 0 Å². The molecule has 0 heterocycles. The van der Waals surface area contributed by atoms with Crippen molar-refractivity contribution in [2.24, 2.45) is 0 Å². The molecule has 94 valence electrons. The number of carbonyl (C=O) groups excluding carboxylic acids is 1. The van der Waals surface area contributed by atoms with Crippen LogP contribution in [0.15, 0.2) is 22.7 Å². The molecule has 0 unspecified atom stereocenters. The highest BCUT2D eigenvalue weighted by Crippen LogP contribution is 2.20. The summed E-state index contributed by atoms with van der Waals surface area (Å²) in [5.41, 5.74) is -0.337. The van der Waals surface area contributed by atoms with Crippen LogP contribution < -0.4 is 0 Å². The molecule has 0 aliphatic carbocycles.